The van der Waals surface area contributed by atoms with Crippen LogP contribution >= 0.6 is 15.9 Å². The van der Waals surface area contributed by atoms with E-state index >= 15 is 0 Å². The van der Waals surface area contributed by atoms with E-state index in [0.29, 0.717) is 12.6 Å². The molecule has 5 rings (SSSR count). The Kier molecular flexibility index (Phi) is 4.31. The minimum Gasteiger partial charge on any atom is -0.488 e. The molecule has 3 aromatic rings. The highest BCUT2D eigenvalue weighted by Crippen LogP contribution is 2.42. The second-order valence-corrected chi connectivity index (χ2v) is 8.47. The van der Waals surface area contributed by atoms with Crippen LogP contribution in [0.2, 0.25) is 0 Å². The predicted octanol–water partition coefficient (Wildman–Crippen LogP) is 6.61. The lowest BCUT2D eigenvalue weighted by molar-refractivity contribution is 0.307. The maximum Gasteiger partial charge on any atom is 0.127 e. The van der Waals surface area contributed by atoms with Crippen molar-refractivity contribution in [3.8, 4) is 5.75 Å². The van der Waals surface area contributed by atoms with Gasteiger partial charge >= 0.3 is 0 Å². The van der Waals surface area contributed by atoms with Crippen LogP contribution in [-0.2, 0) is 6.61 Å². The molecule has 3 nitrogen and oxygen atoms in total. The molecule has 0 saturated heterocycles. The largest absolute Gasteiger partial charge is 0.488 e. The van der Waals surface area contributed by atoms with E-state index in [1.165, 1.54) is 57.8 Å². The van der Waals surface area contributed by atoms with Crippen LogP contribution in [0.5, 0.6) is 5.75 Å². The Morgan fingerprint density at radius 1 is 1.19 bits per heavy atom. The van der Waals surface area contributed by atoms with Crippen molar-refractivity contribution < 1.29 is 4.74 Å². The molecule has 0 unspecified atom stereocenters. The fourth-order valence-electron chi connectivity index (χ4n) is 4.50. The van der Waals surface area contributed by atoms with Gasteiger partial charge in [0, 0.05) is 21.0 Å². The maximum absolute atomic E-state index is 6.21. The molecule has 2 aliphatic rings. The second kappa shape index (κ2) is 6.83. The third-order valence-corrected chi connectivity index (χ3v) is 6.84. The molecular weight excluding hydrogens is 400 g/mol. The highest BCUT2D eigenvalue weighted by atomic mass is 79.9. The minimum absolute atomic E-state index is 0.543. The van der Waals surface area contributed by atoms with Crippen LogP contribution < -0.4 is 4.74 Å². The summed E-state index contributed by atoms with van der Waals surface area (Å²) in [6, 6.07) is 13.5. The number of para-hydroxylation sites is 1. The first kappa shape index (κ1) is 17.1. The number of allylic oxidation sites excluding steroid dienone is 1. The molecule has 0 bridgehead atoms. The van der Waals surface area contributed by atoms with Gasteiger partial charge in [-0.3, -0.25) is 4.68 Å². The third kappa shape index (κ3) is 2.82. The summed E-state index contributed by atoms with van der Waals surface area (Å²) < 4.78 is 9.67. The molecule has 1 aliphatic heterocycles. The van der Waals surface area contributed by atoms with E-state index in [1.807, 2.05) is 12.3 Å². The first-order chi connectivity index (χ1) is 13.3. The SMILES string of the molecule is CCC(Br)=C1c2cc3cnn(C4CCCC4)c3cc2COc2ccccc21. The van der Waals surface area contributed by atoms with E-state index < -0.39 is 0 Å². The number of rotatable bonds is 2. The number of ether oxygens (including phenoxy) is 1. The van der Waals surface area contributed by atoms with Gasteiger partial charge < -0.3 is 4.74 Å². The van der Waals surface area contributed by atoms with Crippen LogP contribution in [0.1, 0.15) is 61.8 Å². The van der Waals surface area contributed by atoms with E-state index in [4.69, 9.17) is 9.84 Å². The van der Waals surface area contributed by atoms with Gasteiger partial charge in [-0.25, -0.2) is 0 Å². The van der Waals surface area contributed by atoms with Gasteiger partial charge in [-0.1, -0.05) is 53.9 Å². The molecule has 0 atom stereocenters. The van der Waals surface area contributed by atoms with E-state index in [1.54, 1.807) is 0 Å². The summed E-state index contributed by atoms with van der Waals surface area (Å²) in [6.07, 6.45) is 8.08. The van der Waals surface area contributed by atoms with E-state index in [2.05, 4.69) is 57.9 Å². The van der Waals surface area contributed by atoms with Crippen molar-refractivity contribution in [1.82, 2.24) is 9.78 Å². The van der Waals surface area contributed by atoms with Gasteiger partial charge in [0.15, 0.2) is 0 Å². The molecule has 27 heavy (non-hydrogen) atoms. The molecule has 1 aliphatic carbocycles. The van der Waals surface area contributed by atoms with Crippen molar-refractivity contribution in [2.75, 3.05) is 0 Å². The number of fused-ring (bicyclic) bond motifs is 3. The smallest absolute Gasteiger partial charge is 0.127 e. The maximum atomic E-state index is 6.21. The summed E-state index contributed by atoms with van der Waals surface area (Å²) in [5, 5.41) is 5.97. The number of benzene rings is 2. The summed E-state index contributed by atoms with van der Waals surface area (Å²) in [4.78, 5) is 0. The molecule has 0 N–H and O–H groups in total. The number of halogens is 1. The number of hydrogen-bond donors (Lipinski definition) is 0. The molecule has 4 heteroatoms. The summed E-state index contributed by atoms with van der Waals surface area (Å²) in [7, 11) is 0. The van der Waals surface area contributed by atoms with Crippen molar-refractivity contribution in [2.24, 2.45) is 0 Å². The Morgan fingerprint density at radius 2 is 2.00 bits per heavy atom. The van der Waals surface area contributed by atoms with Crippen LogP contribution in [0.3, 0.4) is 0 Å². The van der Waals surface area contributed by atoms with Gasteiger partial charge in [0.2, 0.25) is 0 Å². The second-order valence-electron chi connectivity index (χ2n) is 7.51. The van der Waals surface area contributed by atoms with Crippen LogP contribution in [0.25, 0.3) is 16.5 Å². The monoisotopic (exact) mass is 422 g/mol. The fraction of sp³-hybridized carbons (Fsp3) is 0.348. The highest BCUT2D eigenvalue weighted by Gasteiger charge is 2.24. The van der Waals surface area contributed by atoms with Crippen molar-refractivity contribution in [3.05, 3.63) is 63.8 Å². The summed E-state index contributed by atoms with van der Waals surface area (Å²) in [5.41, 5.74) is 6.14. The first-order valence-corrected chi connectivity index (χ1v) is 10.7. The molecule has 1 aromatic heterocycles. The lowest BCUT2D eigenvalue weighted by Gasteiger charge is -2.15. The Bertz CT molecular complexity index is 1040. The van der Waals surface area contributed by atoms with Crippen molar-refractivity contribution in [1.29, 1.82) is 0 Å². The topological polar surface area (TPSA) is 27.1 Å². The van der Waals surface area contributed by atoms with Crippen LogP contribution in [0, 0.1) is 0 Å². The average Bonchev–Trinajstić information content (AvgIpc) is 3.33. The Labute approximate surface area is 168 Å². The average molecular weight is 423 g/mol. The molecular formula is C23H23BrN2O. The van der Waals surface area contributed by atoms with E-state index in [9.17, 15) is 0 Å². The normalized spacial score (nSPS) is 18.7. The highest BCUT2D eigenvalue weighted by molar-refractivity contribution is 9.11. The third-order valence-electron chi connectivity index (χ3n) is 5.88. The van der Waals surface area contributed by atoms with Gasteiger partial charge in [0.25, 0.3) is 0 Å². The van der Waals surface area contributed by atoms with Gasteiger partial charge in [-0.05, 0) is 48.6 Å². The summed E-state index contributed by atoms with van der Waals surface area (Å²) >= 11 is 3.84. The van der Waals surface area contributed by atoms with Crippen molar-refractivity contribution in [2.45, 2.75) is 51.7 Å². The predicted molar refractivity (Wildman–Crippen MR) is 113 cm³/mol. The van der Waals surface area contributed by atoms with Gasteiger partial charge in [-0.2, -0.15) is 5.10 Å². The summed E-state index contributed by atoms with van der Waals surface area (Å²) in [6.45, 7) is 2.77. The standard InChI is InChI=1S/C23H23BrN2O/c1-2-20(24)23-18-9-5-6-10-22(18)27-14-16-12-21-15(11-19(16)23)13-25-26(21)17-7-3-4-8-17/h5-6,9-13,17H,2-4,7-8,14H2,1H3. The summed E-state index contributed by atoms with van der Waals surface area (Å²) in [5.74, 6) is 0.954. The van der Waals surface area contributed by atoms with E-state index in [-0.39, 0.29) is 0 Å². The molecule has 0 spiro atoms. The zero-order valence-electron chi connectivity index (χ0n) is 15.5. The molecule has 1 saturated carbocycles. The zero-order chi connectivity index (χ0) is 18.4. The van der Waals surface area contributed by atoms with Gasteiger partial charge in [-0.15, -0.1) is 0 Å². The quantitative estimate of drug-likeness (QED) is 0.464. The molecule has 138 valence electrons. The zero-order valence-corrected chi connectivity index (χ0v) is 17.1. The van der Waals surface area contributed by atoms with Crippen molar-refractivity contribution >= 4 is 32.4 Å². The molecule has 2 heterocycles. The molecule has 0 radical (unpaired) electrons. The van der Waals surface area contributed by atoms with Gasteiger partial charge in [0.1, 0.15) is 12.4 Å². The Balaban J connectivity index is 1.73. The van der Waals surface area contributed by atoms with Gasteiger partial charge in [0.05, 0.1) is 17.8 Å². The fourth-order valence-corrected chi connectivity index (χ4v) is 4.92. The Hall–Kier alpha value is -2.07. The van der Waals surface area contributed by atoms with Crippen LogP contribution in [0.4, 0.5) is 0 Å². The molecule has 1 fully saturated rings. The minimum atomic E-state index is 0.543. The number of nitrogens with zero attached hydrogens (tertiary/aromatic N) is 2. The number of aromatic nitrogens is 2. The Morgan fingerprint density at radius 3 is 2.81 bits per heavy atom. The molecule has 2 aromatic carbocycles. The lowest BCUT2D eigenvalue weighted by atomic mass is 9.92. The number of hydrogen-bond acceptors (Lipinski definition) is 2. The van der Waals surface area contributed by atoms with Crippen molar-refractivity contribution in [3.63, 3.8) is 0 Å². The molecule has 0 amide bonds. The first-order valence-electron chi connectivity index (χ1n) is 9.87. The lowest BCUT2D eigenvalue weighted by Crippen LogP contribution is -2.06. The van der Waals surface area contributed by atoms with E-state index in [0.717, 1.165) is 17.7 Å². The van der Waals surface area contributed by atoms with Crippen LogP contribution in [-0.4, -0.2) is 9.78 Å². The van der Waals surface area contributed by atoms with Crippen LogP contribution in [0.15, 0.2) is 47.1 Å².